The second-order valence-electron chi connectivity index (χ2n) is 7.85. The van der Waals surface area contributed by atoms with Crippen LogP contribution in [-0.4, -0.2) is 17.8 Å². The molecule has 0 unspecified atom stereocenters. The van der Waals surface area contributed by atoms with Gasteiger partial charge in [-0.15, -0.1) is 0 Å². The fourth-order valence-corrected chi connectivity index (χ4v) is 3.84. The number of anilines is 1. The number of barbiturate groups is 1. The standard InChI is InChI=1S/C26H20Cl2N2O4/c1-15-3-4-16(2)22(11-15)30-25(32)20(24(31)29-26(30)33)12-18-7-10-23(21(28)13-18)34-14-17-5-8-19(27)9-6-17/h3-13H,14H2,1-2H3,(H,29,31,33)/b20-12+. The molecule has 0 atom stereocenters. The number of nitrogens with one attached hydrogen (secondary N) is 1. The van der Waals surface area contributed by atoms with E-state index in [4.69, 9.17) is 27.9 Å². The molecule has 4 amide bonds. The van der Waals surface area contributed by atoms with Gasteiger partial charge >= 0.3 is 6.03 Å². The molecule has 3 aromatic rings. The monoisotopic (exact) mass is 494 g/mol. The molecule has 3 aromatic carbocycles. The van der Waals surface area contributed by atoms with Crippen LogP contribution < -0.4 is 15.0 Å². The van der Waals surface area contributed by atoms with Gasteiger partial charge < -0.3 is 4.74 Å². The molecule has 0 aromatic heterocycles. The maximum atomic E-state index is 13.2. The van der Waals surface area contributed by atoms with Crippen LogP contribution >= 0.6 is 23.2 Å². The minimum Gasteiger partial charge on any atom is -0.487 e. The van der Waals surface area contributed by atoms with E-state index in [2.05, 4.69) is 5.32 Å². The van der Waals surface area contributed by atoms with E-state index < -0.39 is 17.8 Å². The Morgan fingerprint density at radius 1 is 0.941 bits per heavy atom. The van der Waals surface area contributed by atoms with Crippen LogP contribution in [0.4, 0.5) is 10.5 Å². The Hall–Kier alpha value is -3.61. The third kappa shape index (κ3) is 4.98. The summed E-state index contributed by atoms with van der Waals surface area (Å²) in [6, 6.07) is 16.8. The number of carbonyl (C=O) groups excluding carboxylic acids is 3. The van der Waals surface area contributed by atoms with Crippen molar-refractivity contribution in [3.8, 4) is 5.75 Å². The van der Waals surface area contributed by atoms with Gasteiger partial charge in [0, 0.05) is 5.02 Å². The summed E-state index contributed by atoms with van der Waals surface area (Å²) in [6.45, 7) is 3.94. The molecule has 1 aliphatic heterocycles. The van der Waals surface area contributed by atoms with Gasteiger partial charge in [0.1, 0.15) is 17.9 Å². The molecule has 0 spiro atoms. The number of amides is 4. The average Bonchev–Trinajstić information content (AvgIpc) is 2.79. The molecular weight excluding hydrogens is 475 g/mol. The van der Waals surface area contributed by atoms with E-state index in [0.29, 0.717) is 33.7 Å². The number of carbonyl (C=O) groups is 3. The minimum absolute atomic E-state index is 0.175. The molecule has 8 heteroatoms. The van der Waals surface area contributed by atoms with E-state index >= 15 is 0 Å². The number of aryl methyl sites for hydroxylation is 2. The smallest absolute Gasteiger partial charge is 0.335 e. The van der Waals surface area contributed by atoms with Crippen molar-refractivity contribution < 1.29 is 19.1 Å². The Morgan fingerprint density at radius 3 is 2.38 bits per heavy atom. The highest BCUT2D eigenvalue weighted by Gasteiger charge is 2.37. The SMILES string of the molecule is Cc1ccc(C)c(N2C(=O)NC(=O)/C(=C\c3ccc(OCc4ccc(Cl)cc4)c(Cl)c3)C2=O)c1. The zero-order valence-electron chi connectivity index (χ0n) is 18.4. The summed E-state index contributed by atoms with van der Waals surface area (Å²) in [5.74, 6) is -1.03. The van der Waals surface area contributed by atoms with Crippen LogP contribution in [-0.2, 0) is 16.2 Å². The van der Waals surface area contributed by atoms with Gasteiger partial charge in [0.25, 0.3) is 11.8 Å². The number of benzene rings is 3. The van der Waals surface area contributed by atoms with E-state index in [0.717, 1.165) is 21.6 Å². The first-order chi connectivity index (χ1) is 16.2. The molecule has 1 aliphatic rings. The van der Waals surface area contributed by atoms with Gasteiger partial charge in [-0.1, -0.05) is 53.5 Å². The number of imide groups is 2. The number of rotatable bonds is 5. The molecule has 0 bridgehead atoms. The van der Waals surface area contributed by atoms with Gasteiger partial charge in [0.15, 0.2) is 0 Å². The zero-order chi connectivity index (χ0) is 24.4. The van der Waals surface area contributed by atoms with Gasteiger partial charge in [-0.25, -0.2) is 9.69 Å². The van der Waals surface area contributed by atoms with Gasteiger partial charge in [0.2, 0.25) is 0 Å². The molecule has 0 aliphatic carbocycles. The first-order valence-electron chi connectivity index (χ1n) is 10.4. The Bertz CT molecular complexity index is 1330. The molecule has 1 N–H and O–H groups in total. The molecule has 1 saturated heterocycles. The molecule has 4 rings (SSSR count). The topological polar surface area (TPSA) is 75.7 Å². The third-order valence-corrected chi connectivity index (χ3v) is 5.83. The largest absolute Gasteiger partial charge is 0.487 e. The molecule has 0 saturated carbocycles. The summed E-state index contributed by atoms with van der Waals surface area (Å²) in [7, 11) is 0. The van der Waals surface area contributed by atoms with Crippen LogP contribution in [0.1, 0.15) is 22.3 Å². The number of urea groups is 1. The Kier molecular flexibility index (Phi) is 6.72. The van der Waals surface area contributed by atoms with E-state index in [1.54, 1.807) is 43.3 Å². The van der Waals surface area contributed by atoms with E-state index in [-0.39, 0.29) is 5.57 Å². The highest BCUT2D eigenvalue weighted by atomic mass is 35.5. The zero-order valence-corrected chi connectivity index (χ0v) is 19.9. The number of hydrogen-bond donors (Lipinski definition) is 1. The highest BCUT2D eigenvalue weighted by Crippen LogP contribution is 2.29. The van der Waals surface area contributed by atoms with Crippen molar-refractivity contribution in [3.63, 3.8) is 0 Å². The maximum Gasteiger partial charge on any atom is 0.335 e. The van der Waals surface area contributed by atoms with Gasteiger partial charge in [-0.05, 0) is 72.5 Å². The van der Waals surface area contributed by atoms with Crippen molar-refractivity contribution in [3.05, 3.63) is 98.5 Å². The predicted molar refractivity (Wildman–Crippen MR) is 132 cm³/mol. The van der Waals surface area contributed by atoms with Crippen LogP contribution in [0.5, 0.6) is 5.75 Å². The Labute approximate surface area is 206 Å². The summed E-state index contributed by atoms with van der Waals surface area (Å²) in [5, 5.41) is 3.19. The molecular formula is C26H20Cl2N2O4. The van der Waals surface area contributed by atoms with Crippen molar-refractivity contribution in [2.45, 2.75) is 20.5 Å². The van der Waals surface area contributed by atoms with Gasteiger partial charge in [0.05, 0.1) is 10.7 Å². The van der Waals surface area contributed by atoms with E-state index in [9.17, 15) is 14.4 Å². The Morgan fingerprint density at radius 2 is 1.68 bits per heavy atom. The summed E-state index contributed by atoms with van der Waals surface area (Å²) in [5.41, 5.74) is 3.29. The van der Waals surface area contributed by atoms with Crippen molar-refractivity contribution in [2.75, 3.05) is 4.90 Å². The minimum atomic E-state index is -0.787. The van der Waals surface area contributed by atoms with Crippen LogP contribution in [0.25, 0.3) is 6.08 Å². The Balaban J connectivity index is 1.58. The molecule has 1 heterocycles. The van der Waals surface area contributed by atoms with Crippen LogP contribution in [0.3, 0.4) is 0 Å². The van der Waals surface area contributed by atoms with E-state index in [1.165, 1.54) is 6.08 Å². The van der Waals surface area contributed by atoms with Crippen LogP contribution in [0.15, 0.2) is 66.2 Å². The molecule has 34 heavy (non-hydrogen) atoms. The lowest BCUT2D eigenvalue weighted by Gasteiger charge is -2.27. The first-order valence-corrected chi connectivity index (χ1v) is 11.1. The summed E-state index contributed by atoms with van der Waals surface area (Å²) < 4.78 is 5.77. The maximum absolute atomic E-state index is 13.2. The lowest BCUT2D eigenvalue weighted by Crippen LogP contribution is -2.54. The van der Waals surface area contributed by atoms with E-state index in [1.807, 2.05) is 31.2 Å². The quantitative estimate of drug-likeness (QED) is 0.356. The lowest BCUT2D eigenvalue weighted by atomic mass is 10.0. The third-order valence-electron chi connectivity index (χ3n) is 5.28. The average molecular weight is 495 g/mol. The number of halogens is 2. The fourth-order valence-electron chi connectivity index (χ4n) is 3.47. The molecule has 6 nitrogen and oxygen atoms in total. The number of ether oxygens (including phenoxy) is 1. The van der Waals surface area contributed by atoms with Crippen molar-refractivity contribution in [2.24, 2.45) is 0 Å². The van der Waals surface area contributed by atoms with Crippen LogP contribution in [0, 0.1) is 13.8 Å². The van der Waals surface area contributed by atoms with Crippen molar-refractivity contribution >= 4 is 52.8 Å². The summed E-state index contributed by atoms with van der Waals surface area (Å²) >= 11 is 12.3. The summed E-state index contributed by atoms with van der Waals surface area (Å²) in [6.07, 6.45) is 1.40. The molecule has 1 fully saturated rings. The lowest BCUT2D eigenvalue weighted by molar-refractivity contribution is -0.122. The highest BCUT2D eigenvalue weighted by molar-refractivity contribution is 6.39. The normalized spacial score (nSPS) is 15.0. The molecule has 0 radical (unpaired) electrons. The predicted octanol–water partition coefficient (Wildman–Crippen LogP) is 5.86. The van der Waals surface area contributed by atoms with Crippen molar-refractivity contribution in [1.29, 1.82) is 0 Å². The van der Waals surface area contributed by atoms with Gasteiger partial charge in [-0.2, -0.15) is 0 Å². The summed E-state index contributed by atoms with van der Waals surface area (Å²) in [4.78, 5) is 39.1. The number of nitrogens with zero attached hydrogens (tertiary/aromatic N) is 1. The molecule has 172 valence electrons. The first kappa shape index (κ1) is 23.5. The second-order valence-corrected chi connectivity index (χ2v) is 8.70. The van der Waals surface area contributed by atoms with Crippen LogP contribution in [0.2, 0.25) is 10.0 Å². The fraction of sp³-hybridized carbons (Fsp3) is 0.115. The number of hydrogen-bond acceptors (Lipinski definition) is 4. The second kappa shape index (κ2) is 9.71. The van der Waals surface area contributed by atoms with Crippen molar-refractivity contribution in [1.82, 2.24) is 5.32 Å². The van der Waals surface area contributed by atoms with Gasteiger partial charge in [-0.3, -0.25) is 14.9 Å².